The number of aromatic amines is 1. The van der Waals surface area contributed by atoms with Gasteiger partial charge in [-0.25, -0.2) is 4.98 Å². The van der Waals surface area contributed by atoms with E-state index in [-0.39, 0.29) is 42.3 Å². The first kappa shape index (κ1) is 25.5. The van der Waals surface area contributed by atoms with Crippen molar-refractivity contribution in [1.29, 1.82) is 0 Å². The average molecular weight is 472 g/mol. The molecule has 0 spiro atoms. The molecule has 0 radical (unpaired) electrons. The number of fused-ring (bicyclic) bond motifs is 1. The largest absolute Gasteiger partial charge is 0.366 e. The number of halogens is 2. The van der Waals surface area contributed by atoms with Crippen molar-refractivity contribution in [2.45, 2.75) is 38.5 Å². The van der Waals surface area contributed by atoms with E-state index in [1.54, 1.807) is 6.07 Å². The molecule has 1 aromatic carbocycles. The van der Waals surface area contributed by atoms with E-state index in [1.807, 2.05) is 23.1 Å². The van der Waals surface area contributed by atoms with E-state index in [9.17, 15) is 9.59 Å². The van der Waals surface area contributed by atoms with E-state index in [2.05, 4.69) is 21.8 Å². The molecule has 10 heteroatoms. The first-order valence-electron chi connectivity index (χ1n) is 10.4. The van der Waals surface area contributed by atoms with Gasteiger partial charge in [0, 0.05) is 32.2 Å². The van der Waals surface area contributed by atoms with Crippen LogP contribution in [-0.2, 0) is 16.1 Å². The molecule has 8 nitrogen and oxygen atoms in total. The molecular formula is C21H31Cl2N5O3. The number of para-hydroxylation sites is 1. The molecule has 1 amide bonds. The zero-order valence-electron chi connectivity index (χ0n) is 17.7. The molecule has 0 saturated carbocycles. The zero-order valence-corrected chi connectivity index (χ0v) is 19.3. The predicted octanol–water partition coefficient (Wildman–Crippen LogP) is 1.55. The quantitative estimate of drug-likeness (QED) is 0.700. The van der Waals surface area contributed by atoms with Crippen LogP contribution in [0.25, 0.3) is 10.9 Å². The molecule has 3 unspecified atom stereocenters. The standard InChI is InChI=1S/C21H29N5O3.2ClH/c1-14-5-4-8-26(17(14)11-22)21(28)18-12-25(9-10-29-18)13-19-23-16-7-3-2-6-15(16)20(27)24-19;;/h2-3,6-7,14,17-18H,4-5,8-13,22H2,1H3,(H,23,24,27);2*1H. The van der Waals surface area contributed by atoms with E-state index in [4.69, 9.17) is 10.5 Å². The summed E-state index contributed by atoms with van der Waals surface area (Å²) in [5.41, 5.74) is 6.49. The predicted molar refractivity (Wildman–Crippen MR) is 125 cm³/mol. The topological polar surface area (TPSA) is 105 Å². The Balaban J connectivity index is 0.00000171. The Kier molecular flexibility index (Phi) is 9.27. The number of aromatic nitrogens is 2. The van der Waals surface area contributed by atoms with Crippen LogP contribution in [0.3, 0.4) is 0 Å². The fraction of sp³-hybridized carbons (Fsp3) is 0.571. The molecule has 172 valence electrons. The highest BCUT2D eigenvalue weighted by molar-refractivity contribution is 5.85. The summed E-state index contributed by atoms with van der Waals surface area (Å²) in [6.45, 7) is 5.51. The van der Waals surface area contributed by atoms with Crippen LogP contribution in [0.5, 0.6) is 0 Å². The van der Waals surface area contributed by atoms with Gasteiger partial charge in [-0.05, 0) is 30.9 Å². The summed E-state index contributed by atoms with van der Waals surface area (Å²) in [5.74, 6) is 1.04. The third kappa shape index (κ3) is 5.56. The van der Waals surface area contributed by atoms with Gasteiger partial charge < -0.3 is 20.4 Å². The van der Waals surface area contributed by atoms with Crippen molar-refractivity contribution in [2.75, 3.05) is 32.8 Å². The number of ether oxygens (including phenoxy) is 1. The second kappa shape index (κ2) is 11.2. The maximum Gasteiger partial charge on any atom is 0.258 e. The normalized spacial score (nSPS) is 24.3. The Morgan fingerprint density at radius 1 is 1.29 bits per heavy atom. The van der Waals surface area contributed by atoms with Crippen molar-refractivity contribution in [3.63, 3.8) is 0 Å². The minimum Gasteiger partial charge on any atom is -0.366 e. The number of nitrogens with zero attached hydrogens (tertiary/aromatic N) is 3. The molecule has 3 atom stereocenters. The lowest BCUT2D eigenvalue weighted by Crippen LogP contribution is -2.57. The molecule has 2 aliphatic heterocycles. The third-order valence-electron chi connectivity index (χ3n) is 6.10. The number of amides is 1. The van der Waals surface area contributed by atoms with Crippen LogP contribution in [0.1, 0.15) is 25.6 Å². The number of carbonyl (C=O) groups is 1. The average Bonchev–Trinajstić information content (AvgIpc) is 2.73. The molecule has 2 saturated heterocycles. The highest BCUT2D eigenvalue weighted by atomic mass is 35.5. The smallest absolute Gasteiger partial charge is 0.258 e. The molecule has 2 aromatic rings. The van der Waals surface area contributed by atoms with Gasteiger partial charge in [-0.3, -0.25) is 14.5 Å². The van der Waals surface area contributed by atoms with Crippen molar-refractivity contribution in [3.05, 3.63) is 40.4 Å². The van der Waals surface area contributed by atoms with E-state index >= 15 is 0 Å². The van der Waals surface area contributed by atoms with Gasteiger partial charge in [-0.2, -0.15) is 0 Å². The molecule has 2 fully saturated rings. The number of carbonyl (C=O) groups excluding carboxylic acids is 1. The molecule has 4 rings (SSSR count). The van der Waals surface area contributed by atoms with Gasteiger partial charge in [-0.15, -0.1) is 24.8 Å². The number of rotatable bonds is 4. The minimum absolute atomic E-state index is 0. The zero-order chi connectivity index (χ0) is 20.4. The Morgan fingerprint density at radius 3 is 2.84 bits per heavy atom. The summed E-state index contributed by atoms with van der Waals surface area (Å²) >= 11 is 0. The van der Waals surface area contributed by atoms with E-state index in [0.717, 1.165) is 19.4 Å². The van der Waals surface area contributed by atoms with E-state index in [0.29, 0.717) is 55.4 Å². The minimum atomic E-state index is -0.504. The highest BCUT2D eigenvalue weighted by Gasteiger charge is 2.36. The van der Waals surface area contributed by atoms with Crippen LogP contribution in [-0.4, -0.2) is 70.6 Å². The molecule has 1 aromatic heterocycles. The van der Waals surface area contributed by atoms with Crippen molar-refractivity contribution >= 4 is 41.6 Å². The third-order valence-corrected chi connectivity index (χ3v) is 6.10. The lowest BCUT2D eigenvalue weighted by Gasteiger charge is -2.42. The van der Waals surface area contributed by atoms with E-state index < -0.39 is 6.10 Å². The maximum atomic E-state index is 13.1. The lowest BCUT2D eigenvalue weighted by atomic mass is 9.90. The summed E-state index contributed by atoms with van der Waals surface area (Å²) in [4.78, 5) is 36.9. The number of hydrogen-bond acceptors (Lipinski definition) is 6. The number of H-pyrrole nitrogens is 1. The summed E-state index contributed by atoms with van der Waals surface area (Å²) in [5, 5.41) is 0.582. The summed E-state index contributed by atoms with van der Waals surface area (Å²) in [7, 11) is 0. The lowest BCUT2D eigenvalue weighted by molar-refractivity contribution is -0.154. The van der Waals surface area contributed by atoms with Gasteiger partial charge >= 0.3 is 0 Å². The fourth-order valence-electron chi connectivity index (χ4n) is 4.48. The van der Waals surface area contributed by atoms with Gasteiger partial charge in [0.05, 0.1) is 24.1 Å². The summed E-state index contributed by atoms with van der Waals surface area (Å²) in [6.07, 6.45) is 1.60. The van der Waals surface area contributed by atoms with Crippen LogP contribution in [0.2, 0.25) is 0 Å². The summed E-state index contributed by atoms with van der Waals surface area (Å²) < 4.78 is 5.82. The first-order valence-corrected chi connectivity index (χ1v) is 10.4. The van der Waals surface area contributed by atoms with Crippen molar-refractivity contribution in [3.8, 4) is 0 Å². The maximum absolute atomic E-state index is 13.1. The van der Waals surface area contributed by atoms with Crippen LogP contribution in [0, 0.1) is 5.92 Å². The van der Waals surface area contributed by atoms with Crippen molar-refractivity contribution in [2.24, 2.45) is 11.7 Å². The molecule has 2 aliphatic rings. The van der Waals surface area contributed by atoms with Gasteiger partial charge in [0.1, 0.15) is 11.9 Å². The van der Waals surface area contributed by atoms with Crippen molar-refractivity contribution < 1.29 is 9.53 Å². The Labute approximate surface area is 194 Å². The van der Waals surface area contributed by atoms with Gasteiger partial charge in [0.25, 0.3) is 11.5 Å². The monoisotopic (exact) mass is 471 g/mol. The molecule has 3 heterocycles. The highest BCUT2D eigenvalue weighted by Crippen LogP contribution is 2.24. The molecule has 31 heavy (non-hydrogen) atoms. The summed E-state index contributed by atoms with van der Waals surface area (Å²) in [6, 6.07) is 7.38. The number of piperidine rings is 1. The number of nitrogens with one attached hydrogen (secondary N) is 1. The SMILES string of the molecule is CC1CCCN(C(=O)C2CN(Cc3nc4ccccc4c(=O)[nH]3)CCO2)C1CN.Cl.Cl. The second-order valence-corrected chi connectivity index (χ2v) is 8.08. The van der Waals surface area contributed by atoms with Gasteiger partial charge in [0.2, 0.25) is 0 Å². The number of benzene rings is 1. The molecule has 0 bridgehead atoms. The Bertz CT molecular complexity index is 941. The fourth-order valence-corrected chi connectivity index (χ4v) is 4.48. The van der Waals surface area contributed by atoms with Crippen LogP contribution < -0.4 is 11.3 Å². The van der Waals surface area contributed by atoms with Crippen LogP contribution >= 0.6 is 24.8 Å². The number of nitrogens with two attached hydrogens (primary N) is 1. The first-order chi connectivity index (χ1) is 14.1. The molecular weight excluding hydrogens is 441 g/mol. The van der Waals surface area contributed by atoms with Gasteiger partial charge in [0.15, 0.2) is 0 Å². The van der Waals surface area contributed by atoms with Gasteiger partial charge in [-0.1, -0.05) is 19.1 Å². The number of morpholine rings is 1. The van der Waals surface area contributed by atoms with Crippen LogP contribution in [0.15, 0.2) is 29.1 Å². The molecule has 0 aliphatic carbocycles. The Morgan fingerprint density at radius 2 is 2.06 bits per heavy atom. The number of hydrogen-bond donors (Lipinski definition) is 2. The Hall–Kier alpha value is -1.71. The van der Waals surface area contributed by atoms with Crippen LogP contribution in [0.4, 0.5) is 0 Å². The molecule has 3 N–H and O–H groups in total. The second-order valence-electron chi connectivity index (χ2n) is 8.08. The number of likely N-dealkylation sites (tertiary alicyclic amines) is 1. The van der Waals surface area contributed by atoms with Crippen molar-refractivity contribution in [1.82, 2.24) is 19.8 Å². The van der Waals surface area contributed by atoms with E-state index in [1.165, 1.54) is 0 Å².